The van der Waals surface area contributed by atoms with Crippen molar-refractivity contribution >= 4 is 11.6 Å². The van der Waals surface area contributed by atoms with E-state index < -0.39 is 0 Å². The molecule has 16 heavy (non-hydrogen) atoms. The largest absolute Gasteiger partial charge is 0.496 e. The van der Waals surface area contributed by atoms with Gasteiger partial charge in [-0.05, 0) is 35.4 Å². The summed E-state index contributed by atoms with van der Waals surface area (Å²) in [6, 6.07) is 10.0. The fourth-order valence-electron chi connectivity index (χ4n) is 2.14. The third-order valence-corrected chi connectivity index (χ3v) is 2.91. The number of hydrogen-bond donors (Lipinski definition) is 0. The predicted molar refractivity (Wildman–Crippen MR) is 63.3 cm³/mol. The van der Waals surface area contributed by atoms with Gasteiger partial charge in [0.05, 0.1) is 13.4 Å². The smallest absolute Gasteiger partial charge is 0.130 e. The molecule has 1 aromatic carbocycles. The van der Waals surface area contributed by atoms with E-state index >= 15 is 0 Å². The van der Waals surface area contributed by atoms with Gasteiger partial charge in [-0.2, -0.15) is 0 Å². The molecule has 0 radical (unpaired) electrons. The lowest BCUT2D eigenvalue weighted by Gasteiger charge is -2.04. The Kier molecular flexibility index (Phi) is 2.07. The molecule has 2 heteroatoms. The maximum Gasteiger partial charge on any atom is 0.130 e. The zero-order valence-corrected chi connectivity index (χ0v) is 9.07. The van der Waals surface area contributed by atoms with Crippen LogP contribution >= 0.6 is 0 Å². The van der Waals surface area contributed by atoms with Crippen LogP contribution in [0.3, 0.4) is 0 Å². The van der Waals surface area contributed by atoms with Crippen molar-refractivity contribution in [1.82, 2.24) is 0 Å². The number of ether oxygens (including phenoxy) is 1. The van der Waals surface area contributed by atoms with Crippen LogP contribution in [0.2, 0.25) is 0 Å². The Morgan fingerprint density at radius 2 is 2.12 bits per heavy atom. The van der Waals surface area contributed by atoms with Crippen LogP contribution in [-0.2, 0) is 6.42 Å². The number of allylic oxidation sites excluding steroid dienone is 1. The molecule has 0 saturated carbocycles. The van der Waals surface area contributed by atoms with E-state index in [-0.39, 0.29) is 0 Å². The normalized spacial score (nSPS) is 13.4. The van der Waals surface area contributed by atoms with Crippen LogP contribution in [0.5, 0.6) is 5.75 Å². The van der Waals surface area contributed by atoms with Crippen LogP contribution in [0.25, 0.3) is 11.6 Å². The first-order chi connectivity index (χ1) is 7.88. The second-order valence-corrected chi connectivity index (χ2v) is 3.86. The highest BCUT2D eigenvalue weighted by atomic mass is 16.5. The fraction of sp³-hybridized carbons (Fsp3) is 0.143. The predicted octanol–water partition coefficient (Wildman–Crippen LogP) is 3.38. The maximum atomic E-state index is 5.41. The van der Waals surface area contributed by atoms with Crippen LogP contribution in [0.4, 0.5) is 0 Å². The molecule has 0 spiro atoms. The molecule has 0 atom stereocenters. The second-order valence-electron chi connectivity index (χ2n) is 3.86. The first-order valence-corrected chi connectivity index (χ1v) is 5.29. The van der Waals surface area contributed by atoms with Gasteiger partial charge in [-0.3, -0.25) is 0 Å². The Balaban J connectivity index is 2.06. The van der Waals surface area contributed by atoms with Crippen LogP contribution in [-0.4, -0.2) is 7.11 Å². The molecular weight excluding hydrogens is 200 g/mol. The highest BCUT2D eigenvalue weighted by Gasteiger charge is 2.18. The van der Waals surface area contributed by atoms with Crippen molar-refractivity contribution in [3.8, 4) is 5.75 Å². The summed E-state index contributed by atoms with van der Waals surface area (Å²) < 4.78 is 10.8. The average molecular weight is 212 g/mol. The lowest BCUT2D eigenvalue weighted by molar-refractivity contribution is 0.413. The molecule has 0 N–H and O–H groups in total. The summed E-state index contributed by atoms with van der Waals surface area (Å²) in [4.78, 5) is 0. The number of rotatable bonds is 2. The summed E-state index contributed by atoms with van der Waals surface area (Å²) in [7, 11) is 1.70. The Morgan fingerprint density at radius 1 is 1.19 bits per heavy atom. The van der Waals surface area contributed by atoms with E-state index in [4.69, 9.17) is 9.15 Å². The van der Waals surface area contributed by atoms with Crippen LogP contribution in [0.1, 0.15) is 16.9 Å². The Hall–Kier alpha value is -1.96. The number of fused-ring (bicyclic) bond motifs is 1. The van der Waals surface area contributed by atoms with Crippen molar-refractivity contribution in [2.45, 2.75) is 6.42 Å². The van der Waals surface area contributed by atoms with Crippen LogP contribution < -0.4 is 4.74 Å². The van der Waals surface area contributed by atoms with Gasteiger partial charge in [0.25, 0.3) is 0 Å². The topological polar surface area (TPSA) is 22.4 Å². The summed E-state index contributed by atoms with van der Waals surface area (Å²) in [6.45, 7) is 0. The SMILES string of the molecule is COc1cccc2c1C=C(c1ccco1)C2. The Morgan fingerprint density at radius 3 is 2.88 bits per heavy atom. The van der Waals surface area contributed by atoms with Gasteiger partial charge in [0.15, 0.2) is 0 Å². The second kappa shape index (κ2) is 3.56. The molecule has 80 valence electrons. The highest BCUT2D eigenvalue weighted by molar-refractivity contribution is 5.88. The third-order valence-electron chi connectivity index (χ3n) is 2.91. The molecule has 0 unspecified atom stereocenters. The van der Waals surface area contributed by atoms with Crippen molar-refractivity contribution in [2.75, 3.05) is 7.11 Å². The number of furan rings is 1. The molecule has 0 saturated heterocycles. The Bertz CT molecular complexity index is 536. The lowest BCUT2D eigenvalue weighted by Crippen LogP contribution is -1.88. The first-order valence-electron chi connectivity index (χ1n) is 5.29. The van der Waals surface area contributed by atoms with E-state index in [0.29, 0.717) is 0 Å². The van der Waals surface area contributed by atoms with E-state index in [1.807, 2.05) is 24.3 Å². The highest BCUT2D eigenvalue weighted by Crippen LogP contribution is 2.36. The molecular formula is C14H12O2. The van der Waals surface area contributed by atoms with Gasteiger partial charge in [-0.15, -0.1) is 0 Å². The van der Waals surface area contributed by atoms with Crippen LogP contribution in [0, 0.1) is 0 Å². The van der Waals surface area contributed by atoms with Gasteiger partial charge >= 0.3 is 0 Å². The summed E-state index contributed by atoms with van der Waals surface area (Å²) in [5.74, 6) is 1.87. The molecule has 0 amide bonds. The van der Waals surface area contributed by atoms with Crippen molar-refractivity contribution in [2.24, 2.45) is 0 Å². The van der Waals surface area contributed by atoms with Crippen molar-refractivity contribution < 1.29 is 9.15 Å². The zero-order chi connectivity index (χ0) is 11.0. The first kappa shape index (κ1) is 9.28. The van der Waals surface area contributed by atoms with Crippen LogP contribution in [0.15, 0.2) is 41.0 Å². The summed E-state index contributed by atoms with van der Waals surface area (Å²) in [6.07, 6.45) is 4.77. The fourth-order valence-corrected chi connectivity index (χ4v) is 2.14. The average Bonchev–Trinajstić information content (AvgIpc) is 2.96. The van der Waals surface area contributed by atoms with E-state index in [1.54, 1.807) is 13.4 Å². The minimum atomic E-state index is 0.917. The van der Waals surface area contributed by atoms with Gasteiger partial charge in [0.1, 0.15) is 11.5 Å². The molecule has 2 aromatic rings. The van der Waals surface area contributed by atoms with E-state index in [0.717, 1.165) is 17.9 Å². The van der Waals surface area contributed by atoms with Crippen molar-refractivity contribution in [1.29, 1.82) is 0 Å². The molecule has 0 bridgehead atoms. The Labute approximate surface area is 94.2 Å². The van der Waals surface area contributed by atoms with E-state index in [1.165, 1.54) is 16.7 Å². The third kappa shape index (κ3) is 1.34. The van der Waals surface area contributed by atoms with Gasteiger partial charge in [-0.25, -0.2) is 0 Å². The zero-order valence-electron chi connectivity index (χ0n) is 9.07. The standard InChI is InChI=1S/C14H12O2/c1-15-14-5-2-4-10-8-11(9-12(10)14)13-6-3-7-16-13/h2-7,9H,8H2,1H3. The molecule has 1 aromatic heterocycles. The lowest BCUT2D eigenvalue weighted by atomic mass is 10.1. The molecule has 3 rings (SSSR count). The minimum absolute atomic E-state index is 0.917. The van der Waals surface area contributed by atoms with Gasteiger partial charge in [0.2, 0.25) is 0 Å². The monoisotopic (exact) mass is 212 g/mol. The van der Waals surface area contributed by atoms with Crippen molar-refractivity contribution in [3.63, 3.8) is 0 Å². The number of benzene rings is 1. The van der Waals surface area contributed by atoms with E-state index in [9.17, 15) is 0 Å². The maximum absolute atomic E-state index is 5.41. The van der Waals surface area contributed by atoms with Gasteiger partial charge in [-0.1, -0.05) is 12.1 Å². The van der Waals surface area contributed by atoms with Gasteiger partial charge in [0, 0.05) is 12.0 Å². The molecule has 1 heterocycles. The van der Waals surface area contributed by atoms with E-state index in [2.05, 4.69) is 12.1 Å². The quantitative estimate of drug-likeness (QED) is 0.761. The number of methoxy groups -OCH3 is 1. The molecule has 1 aliphatic rings. The van der Waals surface area contributed by atoms with Gasteiger partial charge < -0.3 is 9.15 Å². The summed E-state index contributed by atoms with van der Waals surface area (Å²) in [5, 5.41) is 0. The minimum Gasteiger partial charge on any atom is -0.496 e. The molecule has 0 aliphatic heterocycles. The van der Waals surface area contributed by atoms with Crippen molar-refractivity contribution in [3.05, 3.63) is 53.5 Å². The number of hydrogen-bond acceptors (Lipinski definition) is 2. The molecule has 2 nitrogen and oxygen atoms in total. The molecule has 1 aliphatic carbocycles. The molecule has 0 fully saturated rings. The summed E-state index contributed by atoms with van der Waals surface area (Å²) in [5.41, 5.74) is 3.69. The summed E-state index contributed by atoms with van der Waals surface area (Å²) >= 11 is 0.